The van der Waals surface area contributed by atoms with Crippen molar-refractivity contribution in [3.8, 4) is 10.4 Å². The molecule has 12 nitrogen and oxygen atoms in total. The van der Waals surface area contributed by atoms with Gasteiger partial charge in [0.05, 0.1) is 61.8 Å². The van der Waals surface area contributed by atoms with E-state index in [-0.39, 0.29) is 38.6 Å². The molecule has 0 unspecified atom stereocenters. The van der Waals surface area contributed by atoms with Gasteiger partial charge in [-0.1, -0.05) is 52.0 Å². The molecule has 1 saturated heterocycles. The fourth-order valence-electron chi connectivity index (χ4n) is 4.95. The normalized spacial score (nSPS) is 17.2. The minimum Gasteiger partial charge on any atom is -0.391 e. The molecule has 1 aliphatic heterocycles. The number of hydrogen-bond donors (Lipinski definition) is 3. The van der Waals surface area contributed by atoms with E-state index >= 15 is 0 Å². The number of likely N-dealkylation sites (tertiary alicyclic amines) is 1. The summed E-state index contributed by atoms with van der Waals surface area (Å²) in [5.41, 5.74) is 4.09. The molecule has 13 heteroatoms. The molecule has 1 fully saturated rings. The molecule has 46 heavy (non-hydrogen) atoms. The Morgan fingerprint density at radius 2 is 1.61 bits per heavy atom. The number of amides is 3. The van der Waals surface area contributed by atoms with E-state index < -0.39 is 35.4 Å². The van der Waals surface area contributed by atoms with Crippen LogP contribution >= 0.6 is 11.3 Å². The van der Waals surface area contributed by atoms with Crippen molar-refractivity contribution in [2.45, 2.75) is 72.2 Å². The Labute approximate surface area is 276 Å². The summed E-state index contributed by atoms with van der Waals surface area (Å²) in [4.78, 5) is 46.5. The van der Waals surface area contributed by atoms with Crippen LogP contribution in [0.15, 0.2) is 29.8 Å². The minimum absolute atomic E-state index is 0.00554. The molecule has 2 aromatic rings. The maximum atomic E-state index is 13.8. The van der Waals surface area contributed by atoms with Crippen LogP contribution < -0.4 is 10.6 Å². The zero-order valence-electron chi connectivity index (χ0n) is 27.7. The highest BCUT2D eigenvalue weighted by molar-refractivity contribution is 7.13. The Balaban J connectivity index is 1.45. The smallest absolute Gasteiger partial charge is 0.246 e. The van der Waals surface area contributed by atoms with Gasteiger partial charge >= 0.3 is 0 Å². The Kier molecular flexibility index (Phi) is 15.5. The van der Waals surface area contributed by atoms with Crippen LogP contribution in [-0.2, 0) is 39.9 Å². The number of aryl methyl sites for hydroxylation is 1. The van der Waals surface area contributed by atoms with Gasteiger partial charge in [0.1, 0.15) is 18.7 Å². The summed E-state index contributed by atoms with van der Waals surface area (Å²) >= 11 is 1.58. The minimum atomic E-state index is -0.929. The van der Waals surface area contributed by atoms with E-state index in [2.05, 4.69) is 22.5 Å². The fourth-order valence-corrected chi connectivity index (χ4v) is 5.76. The Morgan fingerprint density at radius 1 is 1.00 bits per heavy atom. The van der Waals surface area contributed by atoms with Crippen LogP contribution in [0.2, 0.25) is 0 Å². The second-order valence-electron chi connectivity index (χ2n) is 12.3. The number of aromatic nitrogens is 1. The van der Waals surface area contributed by atoms with Crippen LogP contribution in [0.25, 0.3) is 10.4 Å². The average molecular weight is 663 g/mol. The first-order valence-electron chi connectivity index (χ1n) is 15.9. The third kappa shape index (κ3) is 12.0. The lowest BCUT2D eigenvalue weighted by Gasteiger charge is -2.35. The molecule has 0 spiro atoms. The number of carbonyl (C=O) groups excluding carboxylic acids is 3. The summed E-state index contributed by atoms with van der Waals surface area (Å²) in [6, 6.07) is 6.09. The lowest BCUT2D eigenvalue weighted by molar-refractivity contribution is -0.144. The fraction of sp³-hybridized carbons (Fsp3) is 0.636. The molecule has 1 aliphatic rings. The average Bonchev–Trinajstić information content (AvgIpc) is 3.63. The number of aliphatic hydroxyl groups excluding tert-OH is 1. The predicted molar refractivity (Wildman–Crippen MR) is 175 cm³/mol. The highest BCUT2D eigenvalue weighted by Crippen LogP contribution is 2.28. The molecule has 0 bridgehead atoms. The summed E-state index contributed by atoms with van der Waals surface area (Å²) in [6.07, 6.45) is 0.246. The van der Waals surface area contributed by atoms with Crippen molar-refractivity contribution in [3.63, 3.8) is 0 Å². The molecule has 3 N–H and O–H groups in total. The van der Waals surface area contributed by atoms with Gasteiger partial charge in [-0.2, -0.15) is 0 Å². The van der Waals surface area contributed by atoms with Crippen molar-refractivity contribution in [1.29, 1.82) is 0 Å². The van der Waals surface area contributed by atoms with Crippen LogP contribution in [0, 0.1) is 12.3 Å². The summed E-state index contributed by atoms with van der Waals surface area (Å²) in [7, 11) is 0. The molecule has 3 atom stereocenters. The monoisotopic (exact) mass is 662 g/mol. The van der Waals surface area contributed by atoms with Gasteiger partial charge in [-0.15, -0.1) is 11.3 Å². The van der Waals surface area contributed by atoms with Crippen LogP contribution in [0.3, 0.4) is 0 Å². The van der Waals surface area contributed by atoms with E-state index in [4.69, 9.17) is 18.9 Å². The number of nitrogens with one attached hydrogen (secondary N) is 2. The molecule has 2 heterocycles. The van der Waals surface area contributed by atoms with E-state index in [1.54, 1.807) is 11.3 Å². The van der Waals surface area contributed by atoms with Crippen LogP contribution in [0.4, 0.5) is 0 Å². The van der Waals surface area contributed by atoms with Gasteiger partial charge in [0, 0.05) is 26.1 Å². The third-order valence-corrected chi connectivity index (χ3v) is 8.39. The molecular formula is C33H50N4O8S. The molecule has 0 saturated carbocycles. The quantitative estimate of drug-likeness (QED) is 0.193. The largest absolute Gasteiger partial charge is 0.391 e. The zero-order chi connectivity index (χ0) is 33.5. The lowest BCUT2D eigenvalue weighted by Crippen LogP contribution is -2.58. The number of hydrogen-bond acceptors (Lipinski definition) is 10. The van der Waals surface area contributed by atoms with Crippen LogP contribution in [0.1, 0.15) is 51.8 Å². The van der Waals surface area contributed by atoms with Crippen molar-refractivity contribution in [2.24, 2.45) is 5.41 Å². The molecule has 3 amide bonds. The Bertz CT molecular complexity index is 1230. The summed E-state index contributed by atoms with van der Waals surface area (Å²) in [6.45, 7) is 12.7. The van der Waals surface area contributed by atoms with Crippen LogP contribution in [-0.4, -0.2) is 110 Å². The number of β-amino-alcohol motifs (C(OH)–C–C–N with tert-alkyl or cyclic N) is 1. The van der Waals surface area contributed by atoms with E-state index in [0.29, 0.717) is 33.0 Å². The SMILES string of the molecule is CCCOCCOCCOCCOCC(=O)N[C@H](C(=O)N1C[C@H](O)C[C@H]1C(=O)NCc1ccc(-c2scnc2C)cc1)C(C)(C)C. The van der Waals surface area contributed by atoms with Crippen LogP contribution in [0.5, 0.6) is 0 Å². The van der Waals surface area contributed by atoms with E-state index in [0.717, 1.165) is 34.7 Å². The van der Waals surface area contributed by atoms with Crippen molar-refractivity contribution in [2.75, 3.05) is 59.4 Å². The number of benzene rings is 1. The Hall–Kier alpha value is -2.94. The van der Waals surface area contributed by atoms with Gasteiger partial charge in [0.15, 0.2) is 0 Å². The molecule has 256 valence electrons. The van der Waals surface area contributed by atoms with Gasteiger partial charge in [0.25, 0.3) is 0 Å². The van der Waals surface area contributed by atoms with E-state index in [1.165, 1.54) is 4.90 Å². The summed E-state index contributed by atoms with van der Waals surface area (Å²) in [5.74, 6) is -1.24. The third-order valence-electron chi connectivity index (χ3n) is 7.41. The van der Waals surface area contributed by atoms with Gasteiger partial charge in [-0.3, -0.25) is 14.4 Å². The number of rotatable bonds is 19. The zero-order valence-corrected chi connectivity index (χ0v) is 28.5. The molecule has 0 aliphatic carbocycles. The number of nitrogens with zero attached hydrogens (tertiary/aromatic N) is 2. The van der Waals surface area contributed by atoms with Crippen molar-refractivity contribution in [3.05, 3.63) is 41.0 Å². The predicted octanol–water partition coefficient (Wildman–Crippen LogP) is 2.70. The van der Waals surface area contributed by atoms with Crippen molar-refractivity contribution >= 4 is 29.1 Å². The maximum Gasteiger partial charge on any atom is 0.246 e. The molecule has 0 radical (unpaired) electrons. The molecule has 1 aromatic heterocycles. The molecule has 1 aromatic carbocycles. The highest BCUT2D eigenvalue weighted by atomic mass is 32.1. The van der Waals surface area contributed by atoms with E-state index in [9.17, 15) is 19.5 Å². The van der Waals surface area contributed by atoms with Gasteiger partial charge in [-0.05, 0) is 29.9 Å². The number of carbonyl (C=O) groups is 3. The van der Waals surface area contributed by atoms with Gasteiger partial charge in [0.2, 0.25) is 17.7 Å². The first-order valence-corrected chi connectivity index (χ1v) is 16.7. The van der Waals surface area contributed by atoms with E-state index in [1.807, 2.05) is 57.5 Å². The number of aliphatic hydroxyl groups is 1. The number of thiazole rings is 1. The number of ether oxygens (including phenoxy) is 4. The summed E-state index contributed by atoms with van der Waals surface area (Å²) < 4.78 is 21.6. The molecular weight excluding hydrogens is 612 g/mol. The second-order valence-corrected chi connectivity index (χ2v) is 13.2. The first kappa shape index (κ1) is 37.5. The van der Waals surface area contributed by atoms with Gasteiger partial charge in [-0.25, -0.2) is 4.98 Å². The topological polar surface area (TPSA) is 149 Å². The van der Waals surface area contributed by atoms with Crippen molar-refractivity contribution in [1.82, 2.24) is 20.5 Å². The highest BCUT2D eigenvalue weighted by Gasteiger charge is 2.44. The maximum absolute atomic E-state index is 13.8. The molecule has 3 rings (SSSR count). The second kappa shape index (κ2) is 19.0. The first-order chi connectivity index (χ1) is 22.0. The van der Waals surface area contributed by atoms with Gasteiger partial charge < -0.3 is 39.6 Å². The lowest BCUT2D eigenvalue weighted by atomic mass is 9.85. The Morgan fingerprint density at radius 3 is 2.17 bits per heavy atom. The van der Waals surface area contributed by atoms with Crippen molar-refractivity contribution < 1.29 is 38.4 Å². The summed E-state index contributed by atoms with van der Waals surface area (Å²) in [5, 5.41) is 16.1. The standard InChI is InChI=1S/C33H50N4O8S/c1-6-11-42-12-13-43-14-15-44-16-17-45-21-28(39)36-30(33(3,4)5)32(41)37-20-26(38)18-27(37)31(40)34-19-24-7-9-25(10-8-24)29-23(2)35-22-46-29/h7-10,22,26-27,30,38H,6,11-21H2,1-5H3,(H,34,40)(H,36,39)/t26-,27+,30-/m1/s1.